The van der Waals surface area contributed by atoms with Crippen molar-refractivity contribution in [3.05, 3.63) is 28.1 Å². The van der Waals surface area contributed by atoms with Gasteiger partial charge in [-0.25, -0.2) is 0 Å². The minimum absolute atomic E-state index is 0.252. The topological polar surface area (TPSA) is 88.5 Å². The molecule has 2 rings (SSSR count). The van der Waals surface area contributed by atoms with E-state index in [0.29, 0.717) is 15.9 Å². The van der Waals surface area contributed by atoms with Crippen LogP contribution in [0.3, 0.4) is 0 Å². The van der Waals surface area contributed by atoms with Crippen molar-refractivity contribution in [1.29, 1.82) is 5.26 Å². The number of carbonyl (C=O) groups is 1. The minimum atomic E-state index is -0.400. The quantitative estimate of drug-likeness (QED) is 0.897. The molecule has 2 aromatic heterocycles. The second-order valence-corrected chi connectivity index (χ2v) is 4.45. The first-order valence-corrected chi connectivity index (χ1v) is 5.75. The maximum absolute atomic E-state index is 12.0. The third kappa shape index (κ3) is 2.12. The van der Waals surface area contributed by atoms with Crippen LogP contribution in [0.25, 0.3) is 0 Å². The minimum Gasteiger partial charge on any atom is -0.304 e. The van der Waals surface area contributed by atoms with Crippen molar-refractivity contribution in [1.82, 2.24) is 19.6 Å². The number of carbonyl (C=O) groups excluding carboxylic acids is 1. The fourth-order valence-corrected chi connectivity index (χ4v) is 2.00. The van der Waals surface area contributed by atoms with Gasteiger partial charge < -0.3 is 5.32 Å². The van der Waals surface area contributed by atoms with Crippen LogP contribution in [0.2, 0.25) is 0 Å². The van der Waals surface area contributed by atoms with E-state index in [9.17, 15) is 4.79 Å². The molecule has 7 nitrogen and oxygen atoms in total. The molecule has 2 heterocycles. The van der Waals surface area contributed by atoms with Crippen LogP contribution in [0, 0.1) is 11.3 Å². The molecule has 0 saturated heterocycles. The Hall–Kier alpha value is -2.14. The molecule has 0 fully saturated rings. The molecule has 0 aromatic carbocycles. The Bertz CT molecular complexity index is 650. The number of hydrogen-bond donors (Lipinski definition) is 1. The van der Waals surface area contributed by atoms with Gasteiger partial charge in [0.1, 0.15) is 17.5 Å². The maximum atomic E-state index is 12.0. The van der Waals surface area contributed by atoms with Crippen molar-refractivity contribution in [2.24, 2.45) is 14.1 Å². The highest BCUT2D eigenvalue weighted by Gasteiger charge is 2.18. The first-order valence-electron chi connectivity index (χ1n) is 4.95. The number of aryl methyl sites for hydroxylation is 2. The lowest BCUT2D eigenvalue weighted by atomic mass is 10.3. The third-order valence-electron chi connectivity index (χ3n) is 2.29. The normalized spacial score (nSPS) is 10.1. The van der Waals surface area contributed by atoms with Gasteiger partial charge in [0, 0.05) is 20.3 Å². The van der Waals surface area contributed by atoms with E-state index in [1.54, 1.807) is 20.3 Å². The lowest BCUT2D eigenvalue weighted by Crippen LogP contribution is -2.16. The van der Waals surface area contributed by atoms with E-state index in [4.69, 9.17) is 5.26 Å². The summed E-state index contributed by atoms with van der Waals surface area (Å²) in [7, 11) is 3.36. The smallest absolute Gasteiger partial charge is 0.278 e. The van der Waals surface area contributed by atoms with Crippen LogP contribution in [-0.4, -0.2) is 25.5 Å². The molecule has 0 saturated carbocycles. The Morgan fingerprint density at radius 2 is 2.28 bits per heavy atom. The van der Waals surface area contributed by atoms with Gasteiger partial charge in [-0.05, 0) is 15.9 Å². The number of nitrogens with zero attached hydrogens (tertiary/aromatic N) is 5. The van der Waals surface area contributed by atoms with Crippen LogP contribution in [0.1, 0.15) is 16.1 Å². The maximum Gasteiger partial charge on any atom is 0.278 e. The molecule has 0 spiro atoms. The van der Waals surface area contributed by atoms with Crippen molar-refractivity contribution in [2.45, 2.75) is 0 Å². The predicted octanol–water partition coefficient (Wildman–Crippen LogP) is 1.04. The number of rotatable bonds is 2. The largest absolute Gasteiger partial charge is 0.304 e. The average Bonchev–Trinajstić information content (AvgIpc) is 2.83. The highest BCUT2D eigenvalue weighted by Crippen LogP contribution is 2.18. The summed E-state index contributed by atoms with van der Waals surface area (Å²) >= 11 is 3.24. The molecule has 0 aliphatic carbocycles. The van der Waals surface area contributed by atoms with Crippen molar-refractivity contribution in [2.75, 3.05) is 5.32 Å². The van der Waals surface area contributed by atoms with Crippen LogP contribution in [-0.2, 0) is 14.1 Å². The van der Waals surface area contributed by atoms with Crippen LogP contribution >= 0.6 is 15.9 Å². The van der Waals surface area contributed by atoms with E-state index in [1.807, 2.05) is 6.07 Å². The lowest BCUT2D eigenvalue weighted by molar-refractivity contribution is 0.102. The van der Waals surface area contributed by atoms with E-state index >= 15 is 0 Å². The molecule has 18 heavy (non-hydrogen) atoms. The average molecular weight is 309 g/mol. The number of nitrogens with one attached hydrogen (secondary N) is 1. The molecule has 8 heteroatoms. The molecule has 0 unspecified atom stereocenters. The van der Waals surface area contributed by atoms with E-state index in [-0.39, 0.29) is 5.69 Å². The molecular weight excluding hydrogens is 300 g/mol. The number of aromatic nitrogens is 4. The number of nitriles is 1. The van der Waals surface area contributed by atoms with Gasteiger partial charge in [-0.3, -0.25) is 14.2 Å². The van der Waals surface area contributed by atoms with Gasteiger partial charge in [0.15, 0.2) is 5.69 Å². The zero-order chi connectivity index (χ0) is 13.3. The SMILES string of the molecule is Cn1cc(Br)c(C(=O)Nc2c(C#N)cnn2C)n1. The van der Waals surface area contributed by atoms with Crippen LogP contribution in [0.15, 0.2) is 16.9 Å². The monoisotopic (exact) mass is 308 g/mol. The lowest BCUT2D eigenvalue weighted by Gasteiger charge is -2.04. The van der Waals surface area contributed by atoms with Crippen LogP contribution in [0.4, 0.5) is 5.82 Å². The number of anilines is 1. The summed E-state index contributed by atoms with van der Waals surface area (Å²) in [5.74, 6) is -0.0531. The molecule has 0 aliphatic heterocycles. The van der Waals surface area contributed by atoms with Crippen molar-refractivity contribution in [3.8, 4) is 6.07 Å². The van der Waals surface area contributed by atoms with E-state index < -0.39 is 5.91 Å². The molecule has 0 radical (unpaired) electrons. The zero-order valence-electron chi connectivity index (χ0n) is 9.68. The summed E-state index contributed by atoms with van der Waals surface area (Å²) < 4.78 is 3.53. The summed E-state index contributed by atoms with van der Waals surface area (Å²) in [4.78, 5) is 12.0. The Morgan fingerprint density at radius 1 is 1.56 bits per heavy atom. The van der Waals surface area contributed by atoms with Gasteiger partial charge in [0.2, 0.25) is 0 Å². The number of hydrogen-bond acceptors (Lipinski definition) is 4. The van der Waals surface area contributed by atoms with E-state index in [1.165, 1.54) is 15.6 Å². The van der Waals surface area contributed by atoms with Crippen LogP contribution < -0.4 is 5.32 Å². The van der Waals surface area contributed by atoms with Gasteiger partial charge in [-0.2, -0.15) is 15.5 Å². The Kier molecular flexibility index (Phi) is 3.16. The highest BCUT2D eigenvalue weighted by atomic mass is 79.9. The molecule has 2 aromatic rings. The van der Waals surface area contributed by atoms with Crippen LogP contribution in [0.5, 0.6) is 0 Å². The Balaban J connectivity index is 2.30. The first kappa shape index (κ1) is 12.3. The third-order valence-corrected chi connectivity index (χ3v) is 2.87. The predicted molar refractivity (Wildman–Crippen MR) is 66.8 cm³/mol. The molecule has 1 amide bonds. The molecule has 0 bridgehead atoms. The van der Waals surface area contributed by atoms with Gasteiger partial charge in [0.05, 0.1) is 10.7 Å². The van der Waals surface area contributed by atoms with Crippen molar-refractivity contribution >= 4 is 27.7 Å². The summed E-state index contributed by atoms with van der Waals surface area (Å²) in [5, 5.41) is 19.4. The molecule has 92 valence electrons. The first-order chi connectivity index (χ1) is 8.52. The second kappa shape index (κ2) is 4.62. The Labute approximate surface area is 111 Å². The fourth-order valence-electron chi connectivity index (χ4n) is 1.45. The Morgan fingerprint density at radius 3 is 2.83 bits per heavy atom. The molecule has 0 aliphatic rings. The zero-order valence-corrected chi connectivity index (χ0v) is 11.3. The van der Waals surface area contributed by atoms with Gasteiger partial charge >= 0.3 is 0 Å². The summed E-state index contributed by atoms with van der Waals surface area (Å²) in [6, 6.07) is 1.96. The summed E-state index contributed by atoms with van der Waals surface area (Å²) in [5.41, 5.74) is 0.556. The van der Waals surface area contributed by atoms with Crippen molar-refractivity contribution < 1.29 is 4.79 Å². The number of amides is 1. The summed E-state index contributed by atoms with van der Waals surface area (Å²) in [6.07, 6.45) is 3.06. The van der Waals surface area contributed by atoms with E-state index in [2.05, 4.69) is 31.4 Å². The molecular formula is C10H9BrN6O. The second-order valence-electron chi connectivity index (χ2n) is 3.60. The summed E-state index contributed by atoms with van der Waals surface area (Å²) in [6.45, 7) is 0. The van der Waals surface area contributed by atoms with E-state index in [0.717, 1.165) is 0 Å². The number of halogens is 1. The molecule has 0 atom stereocenters. The van der Waals surface area contributed by atoms with Gasteiger partial charge in [0.25, 0.3) is 5.91 Å². The highest BCUT2D eigenvalue weighted by molar-refractivity contribution is 9.10. The molecule has 1 N–H and O–H groups in total. The van der Waals surface area contributed by atoms with Gasteiger partial charge in [-0.15, -0.1) is 0 Å². The standard InChI is InChI=1S/C10H9BrN6O/c1-16-5-7(11)8(15-16)10(18)14-9-6(3-12)4-13-17(9)2/h4-5H,1-2H3,(H,14,18). The van der Waals surface area contributed by atoms with Gasteiger partial charge in [-0.1, -0.05) is 0 Å². The van der Waals surface area contributed by atoms with Crippen molar-refractivity contribution in [3.63, 3.8) is 0 Å². The fraction of sp³-hybridized carbons (Fsp3) is 0.200.